The molecule has 0 aliphatic rings. The van der Waals surface area contributed by atoms with Crippen LogP contribution in [0.1, 0.15) is 16.7 Å². The van der Waals surface area contributed by atoms with E-state index in [9.17, 15) is 9.90 Å². The number of rotatable bonds is 6. The van der Waals surface area contributed by atoms with Crippen molar-refractivity contribution in [2.75, 3.05) is 14.2 Å². The molecule has 28 heavy (non-hydrogen) atoms. The van der Waals surface area contributed by atoms with Gasteiger partial charge < -0.3 is 14.7 Å². The number of hydrogen-bond acceptors (Lipinski definition) is 3. The SMILES string of the molecule is COc1ccc(Br)cc1CN(C)C(=O)C(O)(c1ccccc1)c1ccccc1. The van der Waals surface area contributed by atoms with E-state index in [1.165, 1.54) is 4.90 Å². The van der Waals surface area contributed by atoms with E-state index in [0.717, 1.165) is 10.0 Å². The van der Waals surface area contributed by atoms with Gasteiger partial charge in [0.25, 0.3) is 5.91 Å². The number of ether oxygens (including phenoxy) is 1. The molecule has 0 aliphatic carbocycles. The van der Waals surface area contributed by atoms with Gasteiger partial charge in [0.2, 0.25) is 0 Å². The van der Waals surface area contributed by atoms with Crippen molar-refractivity contribution in [3.05, 3.63) is 100 Å². The Morgan fingerprint density at radius 2 is 1.54 bits per heavy atom. The molecule has 1 N–H and O–H groups in total. The van der Waals surface area contributed by atoms with Crippen LogP contribution in [0.4, 0.5) is 0 Å². The van der Waals surface area contributed by atoms with E-state index in [-0.39, 0.29) is 0 Å². The molecule has 0 aromatic heterocycles. The first kappa shape index (κ1) is 20.1. The van der Waals surface area contributed by atoms with Crippen LogP contribution in [-0.4, -0.2) is 30.1 Å². The van der Waals surface area contributed by atoms with Gasteiger partial charge in [-0.1, -0.05) is 76.6 Å². The summed E-state index contributed by atoms with van der Waals surface area (Å²) in [6, 6.07) is 23.7. The molecule has 3 aromatic rings. The molecule has 0 aliphatic heterocycles. The molecule has 0 fully saturated rings. The fraction of sp³-hybridized carbons (Fsp3) is 0.174. The second-order valence-electron chi connectivity index (χ2n) is 6.56. The van der Waals surface area contributed by atoms with Crippen molar-refractivity contribution < 1.29 is 14.6 Å². The molecule has 0 bridgehead atoms. The van der Waals surface area contributed by atoms with Gasteiger partial charge in [-0.25, -0.2) is 0 Å². The number of aliphatic hydroxyl groups is 1. The Labute approximate surface area is 173 Å². The van der Waals surface area contributed by atoms with Crippen LogP contribution >= 0.6 is 15.9 Å². The number of benzene rings is 3. The van der Waals surface area contributed by atoms with Crippen molar-refractivity contribution in [2.45, 2.75) is 12.1 Å². The van der Waals surface area contributed by atoms with E-state index in [2.05, 4.69) is 15.9 Å². The molecule has 0 saturated heterocycles. The number of carbonyl (C=O) groups excluding carboxylic acids is 1. The van der Waals surface area contributed by atoms with Crippen LogP contribution in [0.3, 0.4) is 0 Å². The van der Waals surface area contributed by atoms with E-state index < -0.39 is 11.5 Å². The molecule has 4 nitrogen and oxygen atoms in total. The average molecular weight is 440 g/mol. The first-order chi connectivity index (χ1) is 13.5. The predicted octanol–water partition coefficient (Wildman–Crippen LogP) is 4.35. The first-order valence-electron chi connectivity index (χ1n) is 8.88. The smallest absolute Gasteiger partial charge is 0.264 e. The van der Waals surface area contributed by atoms with E-state index in [4.69, 9.17) is 4.74 Å². The summed E-state index contributed by atoms with van der Waals surface area (Å²) >= 11 is 3.46. The summed E-state index contributed by atoms with van der Waals surface area (Å²) in [6.45, 7) is 0.295. The van der Waals surface area contributed by atoms with Crippen molar-refractivity contribution in [1.82, 2.24) is 4.90 Å². The Morgan fingerprint density at radius 3 is 2.04 bits per heavy atom. The summed E-state index contributed by atoms with van der Waals surface area (Å²) in [5.41, 5.74) is 0.117. The molecule has 1 amide bonds. The molecule has 0 saturated carbocycles. The van der Waals surface area contributed by atoms with Crippen LogP contribution < -0.4 is 4.74 Å². The summed E-state index contributed by atoms with van der Waals surface area (Å²) in [5, 5.41) is 11.6. The monoisotopic (exact) mass is 439 g/mol. The predicted molar refractivity (Wildman–Crippen MR) is 113 cm³/mol. The molecule has 144 valence electrons. The molecular formula is C23H22BrNO3. The van der Waals surface area contributed by atoms with Crippen molar-refractivity contribution in [3.8, 4) is 5.75 Å². The fourth-order valence-electron chi connectivity index (χ4n) is 3.25. The zero-order valence-electron chi connectivity index (χ0n) is 15.8. The van der Waals surface area contributed by atoms with Gasteiger partial charge in [-0.15, -0.1) is 0 Å². The van der Waals surface area contributed by atoms with Gasteiger partial charge in [0, 0.05) is 23.6 Å². The van der Waals surface area contributed by atoms with Gasteiger partial charge in [-0.05, 0) is 29.3 Å². The lowest BCUT2D eigenvalue weighted by Crippen LogP contribution is -2.46. The van der Waals surface area contributed by atoms with Crippen molar-refractivity contribution in [2.24, 2.45) is 0 Å². The number of methoxy groups -OCH3 is 1. The van der Waals surface area contributed by atoms with E-state index in [1.54, 1.807) is 38.4 Å². The number of hydrogen-bond donors (Lipinski definition) is 1. The van der Waals surface area contributed by atoms with Crippen molar-refractivity contribution in [3.63, 3.8) is 0 Å². The van der Waals surface area contributed by atoms with Gasteiger partial charge >= 0.3 is 0 Å². The third-order valence-corrected chi connectivity index (χ3v) is 5.18. The van der Waals surface area contributed by atoms with Gasteiger partial charge in [0.15, 0.2) is 5.60 Å². The molecule has 0 radical (unpaired) electrons. The van der Waals surface area contributed by atoms with Gasteiger partial charge in [-0.2, -0.15) is 0 Å². The normalized spacial score (nSPS) is 11.1. The summed E-state index contributed by atoms with van der Waals surface area (Å²) in [6.07, 6.45) is 0. The Kier molecular flexibility index (Phi) is 6.17. The van der Waals surface area contributed by atoms with Crippen molar-refractivity contribution >= 4 is 21.8 Å². The maximum absolute atomic E-state index is 13.5. The second kappa shape index (κ2) is 8.59. The maximum atomic E-state index is 13.5. The third kappa shape index (κ3) is 3.96. The highest BCUT2D eigenvalue weighted by atomic mass is 79.9. The summed E-state index contributed by atoms with van der Waals surface area (Å²) in [7, 11) is 3.28. The van der Waals surface area contributed by atoms with Crippen molar-refractivity contribution in [1.29, 1.82) is 0 Å². The third-order valence-electron chi connectivity index (χ3n) is 4.69. The first-order valence-corrected chi connectivity index (χ1v) is 9.67. The Balaban J connectivity index is 2.00. The quantitative estimate of drug-likeness (QED) is 0.620. The van der Waals surface area contributed by atoms with Gasteiger partial charge in [0.05, 0.1) is 7.11 Å². The molecule has 0 heterocycles. The minimum atomic E-state index is -1.78. The number of carbonyl (C=O) groups is 1. The van der Waals surface area contributed by atoms with Crippen LogP contribution in [0.2, 0.25) is 0 Å². The number of nitrogens with zero attached hydrogens (tertiary/aromatic N) is 1. The van der Waals surface area contributed by atoms with Crippen LogP contribution in [0.5, 0.6) is 5.75 Å². The number of amides is 1. The van der Waals surface area contributed by atoms with Gasteiger partial charge in [-0.3, -0.25) is 4.79 Å². The topological polar surface area (TPSA) is 49.8 Å². The lowest BCUT2D eigenvalue weighted by molar-refractivity contribution is -0.147. The molecule has 5 heteroatoms. The average Bonchev–Trinajstić information content (AvgIpc) is 2.74. The number of likely N-dealkylation sites (N-methyl/N-ethyl adjacent to an activating group) is 1. The van der Waals surface area contributed by atoms with E-state index >= 15 is 0 Å². The highest BCUT2D eigenvalue weighted by molar-refractivity contribution is 9.10. The fourth-order valence-corrected chi connectivity index (χ4v) is 3.66. The zero-order valence-corrected chi connectivity index (χ0v) is 17.4. The molecule has 0 unspecified atom stereocenters. The van der Waals surface area contributed by atoms with E-state index in [1.807, 2.05) is 54.6 Å². The van der Waals surface area contributed by atoms with E-state index in [0.29, 0.717) is 23.4 Å². The standard InChI is InChI=1S/C23H22BrNO3/c1-25(16-17-15-20(24)13-14-21(17)28-2)22(26)23(27,18-9-5-3-6-10-18)19-11-7-4-8-12-19/h3-15,27H,16H2,1-2H3. The lowest BCUT2D eigenvalue weighted by Gasteiger charge is -2.32. The molecule has 0 spiro atoms. The second-order valence-corrected chi connectivity index (χ2v) is 7.48. The minimum absolute atomic E-state index is 0.295. The minimum Gasteiger partial charge on any atom is -0.496 e. The molecule has 3 aromatic carbocycles. The Hall–Kier alpha value is -2.63. The Bertz CT molecular complexity index is 905. The highest BCUT2D eigenvalue weighted by Gasteiger charge is 2.41. The summed E-state index contributed by atoms with van der Waals surface area (Å²) < 4.78 is 6.31. The van der Waals surface area contributed by atoms with Crippen LogP contribution in [0.25, 0.3) is 0 Å². The van der Waals surface area contributed by atoms with Gasteiger partial charge in [0.1, 0.15) is 5.75 Å². The summed E-state index contributed by atoms with van der Waals surface area (Å²) in [5.74, 6) is 0.276. The van der Waals surface area contributed by atoms with Crippen LogP contribution in [-0.2, 0) is 16.9 Å². The molecular weight excluding hydrogens is 418 g/mol. The van der Waals surface area contributed by atoms with Crippen LogP contribution in [0.15, 0.2) is 83.3 Å². The Morgan fingerprint density at radius 1 is 1.00 bits per heavy atom. The van der Waals surface area contributed by atoms with Crippen LogP contribution in [0, 0.1) is 0 Å². The molecule has 0 atom stereocenters. The number of halogens is 1. The summed E-state index contributed by atoms with van der Waals surface area (Å²) in [4.78, 5) is 15.0. The lowest BCUT2D eigenvalue weighted by atomic mass is 9.85. The molecule has 3 rings (SSSR count). The zero-order chi connectivity index (χ0) is 20.1. The maximum Gasteiger partial charge on any atom is 0.264 e. The largest absolute Gasteiger partial charge is 0.496 e. The highest BCUT2D eigenvalue weighted by Crippen LogP contribution is 2.33.